The zero-order chi connectivity index (χ0) is 18.8. The van der Waals surface area contributed by atoms with Gasteiger partial charge in [0.15, 0.2) is 5.82 Å². The first-order valence-corrected chi connectivity index (χ1v) is 8.68. The number of rotatable bonds is 6. The standard InChI is InChI=1S/C20H25N3O3/c1-12-9-17(15(4)23(12)19-10-13(2)26-22-19)11-21-14(3)20(25)16-5-7-18(24)8-6-16/h5-10,14,20-21,24-25H,11H2,1-4H3/t14-,20+/m0/s1. The van der Waals surface area contributed by atoms with Gasteiger partial charge < -0.3 is 24.6 Å². The van der Waals surface area contributed by atoms with Gasteiger partial charge in [-0.3, -0.25) is 0 Å². The van der Waals surface area contributed by atoms with Gasteiger partial charge in [0.1, 0.15) is 11.5 Å². The molecule has 0 spiro atoms. The molecule has 2 heterocycles. The largest absolute Gasteiger partial charge is 0.508 e. The van der Waals surface area contributed by atoms with Gasteiger partial charge in [0.2, 0.25) is 0 Å². The Hall–Kier alpha value is -2.57. The van der Waals surface area contributed by atoms with Crippen LogP contribution < -0.4 is 5.32 Å². The van der Waals surface area contributed by atoms with Crippen molar-refractivity contribution in [1.29, 1.82) is 0 Å². The summed E-state index contributed by atoms with van der Waals surface area (Å²) in [4.78, 5) is 0. The van der Waals surface area contributed by atoms with Gasteiger partial charge in [-0.1, -0.05) is 17.3 Å². The highest BCUT2D eigenvalue weighted by molar-refractivity contribution is 5.36. The Morgan fingerprint density at radius 2 is 1.85 bits per heavy atom. The van der Waals surface area contributed by atoms with Gasteiger partial charge in [-0.15, -0.1) is 0 Å². The molecule has 6 heteroatoms. The number of nitrogens with zero attached hydrogens (tertiary/aromatic N) is 2. The number of aryl methyl sites for hydroxylation is 2. The van der Waals surface area contributed by atoms with E-state index in [0.717, 1.165) is 34.1 Å². The summed E-state index contributed by atoms with van der Waals surface area (Å²) >= 11 is 0. The summed E-state index contributed by atoms with van der Waals surface area (Å²) in [5, 5.41) is 27.3. The molecule has 0 aliphatic heterocycles. The van der Waals surface area contributed by atoms with Gasteiger partial charge in [0, 0.05) is 30.0 Å². The molecule has 2 aromatic heterocycles. The fraction of sp³-hybridized carbons (Fsp3) is 0.350. The van der Waals surface area contributed by atoms with E-state index >= 15 is 0 Å². The van der Waals surface area contributed by atoms with E-state index in [1.165, 1.54) is 0 Å². The number of hydrogen-bond acceptors (Lipinski definition) is 5. The molecule has 0 bridgehead atoms. The van der Waals surface area contributed by atoms with Crippen LogP contribution >= 0.6 is 0 Å². The van der Waals surface area contributed by atoms with E-state index in [-0.39, 0.29) is 11.8 Å². The van der Waals surface area contributed by atoms with Crippen molar-refractivity contribution >= 4 is 0 Å². The highest BCUT2D eigenvalue weighted by Gasteiger charge is 2.18. The van der Waals surface area contributed by atoms with Gasteiger partial charge in [0.05, 0.1) is 6.10 Å². The van der Waals surface area contributed by atoms with Crippen molar-refractivity contribution in [3.05, 3.63) is 64.7 Å². The van der Waals surface area contributed by atoms with Crippen molar-refractivity contribution < 1.29 is 14.7 Å². The number of aromatic nitrogens is 2. The molecule has 0 saturated heterocycles. The number of hydrogen-bond donors (Lipinski definition) is 3. The lowest BCUT2D eigenvalue weighted by Gasteiger charge is -2.21. The molecular weight excluding hydrogens is 330 g/mol. The van der Waals surface area contributed by atoms with Crippen molar-refractivity contribution in [2.24, 2.45) is 0 Å². The highest BCUT2D eigenvalue weighted by Crippen LogP contribution is 2.23. The predicted molar refractivity (Wildman–Crippen MR) is 99.4 cm³/mol. The smallest absolute Gasteiger partial charge is 0.180 e. The van der Waals surface area contributed by atoms with Gasteiger partial charge in [-0.05, 0) is 57.0 Å². The van der Waals surface area contributed by atoms with Crippen LogP contribution in [0.25, 0.3) is 5.82 Å². The summed E-state index contributed by atoms with van der Waals surface area (Å²) < 4.78 is 7.25. The average Bonchev–Trinajstić information content (AvgIpc) is 3.15. The monoisotopic (exact) mass is 355 g/mol. The number of aliphatic hydroxyl groups is 1. The van der Waals surface area contributed by atoms with Crippen LogP contribution in [0, 0.1) is 20.8 Å². The number of phenolic OH excluding ortho intramolecular Hbond substituents is 1. The van der Waals surface area contributed by atoms with Crippen LogP contribution in [0.15, 0.2) is 40.9 Å². The zero-order valence-corrected chi connectivity index (χ0v) is 15.5. The Balaban J connectivity index is 1.70. The second kappa shape index (κ2) is 7.35. The Labute approximate surface area is 153 Å². The lowest BCUT2D eigenvalue weighted by molar-refractivity contribution is 0.135. The molecule has 3 aromatic rings. The summed E-state index contributed by atoms with van der Waals surface area (Å²) in [6, 6.07) is 10.5. The summed E-state index contributed by atoms with van der Waals surface area (Å²) in [6.45, 7) is 8.54. The second-order valence-electron chi connectivity index (χ2n) is 6.73. The molecule has 26 heavy (non-hydrogen) atoms. The maximum atomic E-state index is 10.5. The first kappa shape index (κ1) is 18.2. The molecule has 0 amide bonds. The third-order valence-electron chi connectivity index (χ3n) is 4.70. The third-order valence-corrected chi connectivity index (χ3v) is 4.70. The van der Waals surface area contributed by atoms with Crippen molar-refractivity contribution in [3.63, 3.8) is 0 Å². The van der Waals surface area contributed by atoms with Crippen molar-refractivity contribution in [2.75, 3.05) is 0 Å². The maximum Gasteiger partial charge on any atom is 0.180 e. The predicted octanol–water partition coefficient (Wildman–Crippen LogP) is 3.31. The average molecular weight is 355 g/mol. The van der Waals surface area contributed by atoms with E-state index in [0.29, 0.717) is 6.54 Å². The Morgan fingerprint density at radius 1 is 1.15 bits per heavy atom. The normalized spacial score (nSPS) is 13.7. The molecule has 6 nitrogen and oxygen atoms in total. The Kier molecular flexibility index (Phi) is 5.15. The molecule has 2 atom stereocenters. The van der Waals surface area contributed by atoms with Gasteiger partial charge >= 0.3 is 0 Å². The molecular formula is C20H25N3O3. The lowest BCUT2D eigenvalue weighted by Crippen LogP contribution is -2.31. The summed E-state index contributed by atoms with van der Waals surface area (Å²) in [5.74, 6) is 1.75. The fourth-order valence-electron chi connectivity index (χ4n) is 3.16. The third kappa shape index (κ3) is 3.66. The first-order valence-electron chi connectivity index (χ1n) is 8.68. The SMILES string of the molecule is Cc1cc(-n2c(C)cc(CN[C@@H](C)[C@@H](O)c3ccc(O)cc3)c2C)no1. The minimum atomic E-state index is -0.655. The molecule has 0 unspecified atom stereocenters. The van der Waals surface area contributed by atoms with Crippen LogP contribution in [0.2, 0.25) is 0 Å². The quantitative estimate of drug-likeness (QED) is 0.632. The molecule has 0 saturated carbocycles. The van der Waals surface area contributed by atoms with E-state index in [9.17, 15) is 10.2 Å². The van der Waals surface area contributed by atoms with Gasteiger partial charge in [-0.2, -0.15) is 0 Å². The van der Waals surface area contributed by atoms with Crippen LogP contribution in [0.1, 0.15) is 41.3 Å². The molecule has 3 rings (SSSR count). The first-order chi connectivity index (χ1) is 12.4. The maximum absolute atomic E-state index is 10.5. The molecule has 0 radical (unpaired) electrons. The number of phenols is 1. The Morgan fingerprint density at radius 3 is 2.46 bits per heavy atom. The molecule has 138 valence electrons. The van der Waals surface area contributed by atoms with Crippen molar-refractivity contribution in [3.8, 4) is 11.6 Å². The van der Waals surface area contributed by atoms with E-state index in [4.69, 9.17) is 4.52 Å². The number of benzene rings is 1. The molecule has 0 fully saturated rings. The molecule has 1 aromatic carbocycles. The van der Waals surface area contributed by atoms with Gasteiger partial charge in [-0.25, -0.2) is 0 Å². The van der Waals surface area contributed by atoms with E-state index in [1.807, 2.05) is 26.8 Å². The fourth-order valence-corrected chi connectivity index (χ4v) is 3.16. The molecule has 0 aliphatic carbocycles. The van der Waals surface area contributed by atoms with Crippen LogP contribution in [0.5, 0.6) is 5.75 Å². The number of aromatic hydroxyl groups is 1. The number of aliphatic hydroxyl groups excluding tert-OH is 1. The Bertz CT molecular complexity index is 880. The summed E-state index contributed by atoms with van der Waals surface area (Å²) in [5.41, 5.74) is 4.09. The number of nitrogens with one attached hydrogen (secondary N) is 1. The van der Waals surface area contributed by atoms with Crippen LogP contribution in [0.4, 0.5) is 0 Å². The van der Waals surface area contributed by atoms with Gasteiger partial charge in [0.25, 0.3) is 0 Å². The van der Waals surface area contributed by atoms with Crippen LogP contribution in [0.3, 0.4) is 0 Å². The minimum absolute atomic E-state index is 0.142. The topological polar surface area (TPSA) is 83.5 Å². The van der Waals surface area contributed by atoms with E-state index in [2.05, 4.69) is 28.0 Å². The van der Waals surface area contributed by atoms with Crippen molar-refractivity contribution in [2.45, 2.75) is 46.4 Å². The summed E-state index contributed by atoms with van der Waals surface area (Å²) in [7, 11) is 0. The second-order valence-corrected chi connectivity index (χ2v) is 6.73. The van der Waals surface area contributed by atoms with E-state index in [1.54, 1.807) is 24.3 Å². The molecule has 3 N–H and O–H groups in total. The highest BCUT2D eigenvalue weighted by atomic mass is 16.5. The zero-order valence-electron chi connectivity index (χ0n) is 15.5. The lowest BCUT2D eigenvalue weighted by atomic mass is 10.0. The molecule has 0 aliphatic rings. The van der Waals surface area contributed by atoms with E-state index < -0.39 is 6.10 Å². The van der Waals surface area contributed by atoms with Crippen molar-refractivity contribution in [1.82, 2.24) is 15.0 Å². The minimum Gasteiger partial charge on any atom is -0.508 e. The summed E-state index contributed by atoms with van der Waals surface area (Å²) in [6.07, 6.45) is -0.655. The van der Waals surface area contributed by atoms with Crippen LogP contribution in [-0.4, -0.2) is 26.0 Å². The van der Waals surface area contributed by atoms with Crippen LogP contribution in [-0.2, 0) is 6.54 Å².